The molecule has 26 heavy (non-hydrogen) atoms. The SMILES string of the molecule is Cn1nnc(C2CN(C(=O)c3cnc(-c4ccccc4)n3C)CCO2)n1. The zero-order valence-corrected chi connectivity index (χ0v) is 14.6. The van der Waals surface area contributed by atoms with Gasteiger partial charge in [0, 0.05) is 19.2 Å². The highest BCUT2D eigenvalue weighted by Crippen LogP contribution is 2.22. The number of benzene rings is 1. The van der Waals surface area contributed by atoms with Crippen LogP contribution in [-0.2, 0) is 18.8 Å². The molecule has 3 heterocycles. The molecular formula is C17H19N7O2. The van der Waals surface area contributed by atoms with Crippen LogP contribution in [-0.4, -0.2) is 60.3 Å². The molecular weight excluding hydrogens is 334 g/mol. The van der Waals surface area contributed by atoms with Crippen LogP contribution in [0.25, 0.3) is 11.4 Å². The fraction of sp³-hybridized carbons (Fsp3) is 0.353. The van der Waals surface area contributed by atoms with Gasteiger partial charge in [0.25, 0.3) is 5.91 Å². The van der Waals surface area contributed by atoms with E-state index in [0.29, 0.717) is 31.2 Å². The van der Waals surface area contributed by atoms with Gasteiger partial charge in [-0.15, -0.1) is 10.2 Å². The quantitative estimate of drug-likeness (QED) is 0.692. The van der Waals surface area contributed by atoms with E-state index in [-0.39, 0.29) is 12.0 Å². The highest BCUT2D eigenvalue weighted by atomic mass is 16.5. The minimum atomic E-state index is -0.372. The minimum absolute atomic E-state index is 0.0839. The third-order valence-electron chi connectivity index (χ3n) is 4.40. The summed E-state index contributed by atoms with van der Waals surface area (Å²) < 4.78 is 7.53. The van der Waals surface area contributed by atoms with Crippen LogP contribution in [0.1, 0.15) is 22.4 Å². The summed E-state index contributed by atoms with van der Waals surface area (Å²) in [7, 11) is 3.55. The van der Waals surface area contributed by atoms with Crippen LogP contribution in [0.4, 0.5) is 0 Å². The Hall–Kier alpha value is -3.07. The van der Waals surface area contributed by atoms with E-state index in [0.717, 1.165) is 11.4 Å². The normalized spacial score (nSPS) is 17.5. The summed E-state index contributed by atoms with van der Waals surface area (Å²) in [5, 5.41) is 12.0. The van der Waals surface area contributed by atoms with Crippen molar-refractivity contribution >= 4 is 5.91 Å². The van der Waals surface area contributed by atoms with Crippen LogP contribution < -0.4 is 0 Å². The van der Waals surface area contributed by atoms with Crippen molar-refractivity contribution in [1.29, 1.82) is 0 Å². The molecule has 0 spiro atoms. The van der Waals surface area contributed by atoms with E-state index in [1.54, 1.807) is 18.1 Å². The summed E-state index contributed by atoms with van der Waals surface area (Å²) in [4.78, 5) is 20.6. The first-order valence-corrected chi connectivity index (χ1v) is 8.35. The van der Waals surface area contributed by atoms with Crippen molar-refractivity contribution in [2.24, 2.45) is 14.1 Å². The Balaban J connectivity index is 1.55. The molecule has 0 saturated carbocycles. The van der Waals surface area contributed by atoms with Crippen molar-refractivity contribution in [2.75, 3.05) is 19.7 Å². The second-order valence-electron chi connectivity index (χ2n) is 6.14. The number of tetrazole rings is 1. The third-order valence-corrected chi connectivity index (χ3v) is 4.40. The molecule has 1 atom stereocenters. The molecule has 0 bridgehead atoms. The maximum Gasteiger partial charge on any atom is 0.272 e. The van der Waals surface area contributed by atoms with E-state index < -0.39 is 0 Å². The summed E-state index contributed by atoms with van der Waals surface area (Å²) in [5.41, 5.74) is 1.51. The lowest BCUT2D eigenvalue weighted by atomic mass is 10.2. The molecule has 1 fully saturated rings. The van der Waals surface area contributed by atoms with Crippen LogP contribution >= 0.6 is 0 Å². The Labute approximate surface area is 150 Å². The first kappa shape index (κ1) is 16.4. The Kier molecular flexibility index (Phi) is 4.21. The molecule has 4 rings (SSSR count). The minimum Gasteiger partial charge on any atom is -0.366 e. The maximum atomic E-state index is 13.0. The zero-order valence-electron chi connectivity index (χ0n) is 14.6. The molecule has 1 amide bonds. The van der Waals surface area contributed by atoms with Crippen LogP contribution in [0.2, 0.25) is 0 Å². The van der Waals surface area contributed by atoms with Gasteiger partial charge >= 0.3 is 0 Å². The van der Waals surface area contributed by atoms with Gasteiger partial charge in [0.2, 0.25) is 5.82 Å². The molecule has 3 aromatic rings. The number of hydrogen-bond acceptors (Lipinski definition) is 6. The lowest BCUT2D eigenvalue weighted by Crippen LogP contribution is -2.43. The predicted octanol–water partition coefficient (Wildman–Crippen LogP) is 0.824. The van der Waals surface area contributed by atoms with Gasteiger partial charge in [-0.2, -0.15) is 4.80 Å². The average molecular weight is 353 g/mol. The Bertz CT molecular complexity index is 918. The van der Waals surface area contributed by atoms with Crippen molar-refractivity contribution in [2.45, 2.75) is 6.10 Å². The number of aryl methyl sites for hydroxylation is 1. The number of imidazole rings is 1. The molecule has 9 nitrogen and oxygen atoms in total. The van der Waals surface area contributed by atoms with Gasteiger partial charge in [-0.3, -0.25) is 4.79 Å². The second kappa shape index (κ2) is 6.68. The number of nitrogens with zero attached hydrogens (tertiary/aromatic N) is 7. The monoisotopic (exact) mass is 353 g/mol. The molecule has 9 heteroatoms. The fourth-order valence-electron chi connectivity index (χ4n) is 3.04. The van der Waals surface area contributed by atoms with Gasteiger partial charge in [0.1, 0.15) is 17.6 Å². The van der Waals surface area contributed by atoms with Crippen LogP contribution in [0.3, 0.4) is 0 Å². The summed E-state index contributed by atoms with van der Waals surface area (Å²) >= 11 is 0. The maximum absolute atomic E-state index is 13.0. The molecule has 0 radical (unpaired) electrons. The van der Waals surface area contributed by atoms with E-state index in [1.807, 2.05) is 41.9 Å². The highest BCUT2D eigenvalue weighted by molar-refractivity contribution is 5.93. The van der Waals surface area contributed by atoms with E-state index in [4.69, 9.17) is 4.74 Å². The van der Waals surface area contributed by atoms with Gasteiger partial charge in [0.15, 0.2) is 0 Å². The number of amides is 1. The first-order chi connectivity index (χ1) is 12.6. The molecule has 1 aliphatic heterocycles. The molecule has 1 aliphatic rings. The summed E-state index contributed by atoms with van der Waals surface area (Å²) in [6.07, 6.45) is 1.25. The largest absolute Gasteiger partial charge is 0.366 e. The van der Waals surface area contributed by atoms with Gasteiger partial charge in [-0.1, -0.05) is 30.3 Å². The number of rotatable bonds is 3. The van der Waals surface area contributed by atoms with E-state index in [2.05, 4.69) is 20.4 Å². The summed E-state index contributed by atoms with van der Waals surface area (Å²) in [6, 6.07) is 9.80. The summed E-state index contributed by atoms with van der Waals surface area (Å²) in [6.45, 7) is 1.33. The molecule has 1 saturated heterocycles. The first-order valence-electron chi connectivity index (χ1n) is 8.35. The number of hydrogen-bond donors (Lipinski definition) is 0. The van der Waals surface area contributed by atoms with Crippen molar-refractivity contribution < 1.29 is 9.53 Å². The Morgan fingerprint density at radius 2 is 2.04 bits per heavy atom. The molecule has 0 aliphatic carbocycles. The van der Waals surface area contributed by atoms with E-state index in [1.165, 1.54) is 4.80 Å². The van der Waals surface area contributed by atoms with Gasteiger partial charge in [-0.05, 0) is 5.21 Å². The fourth-order valence-corrected chi connectivity index (χ4v) is 3.04. The molecule has 134 valence electrons. The number of carbonyl (C=O) groups excluding carboxylic acids is 1. The van der Waals surface area contributed by atoms with Crippen LogP contribution in [0, 0.1) is 0 Å². The van der Waals surface area contributed by atoms with Crippen molar-refractivity contribution in [3.63, 3.8) is 0 Å². The van der Waals surface area contributed by atoms with Crippen molar-refractivity contribution in [3.05, 3.63) is 48.0 Å². The number of aromatic nitrogens is 6. The Morgan fingerprint density at radius 3 is 2.77 bits per heavy atom. The Morgan fingerprint density at radius 1 is 1.23 bits per heavy atom. The van der Waals surface area contributed by atoms with Crippen molar-refractivity contribution in [3.8, 4) is 11.4 Å². The van der Waals surface area contributed by atoms with Crippen LogP contribution in [0.15, 0.2) is 36.5 Å². The lowest BCUT2D eigenvalue weighted by molar-refractivity contribution is -0.0272. The smallest absolute Gasteiger partial charge is 0.272 e. The molecule has 0 N–H and O–H groups in total. The van der Waals surface area contributed by atoms with Crippen LogP contribution in [0.5, 0.6) is 0 Å². The summed E-state index contributed by atoms with van der Waals surface area (Å²) in [5.74, 6) is 1.16. The van der Waals surface area contributed by atoms with E-state index >= 15 is 0 Å². The second-order valence-corrected chi connectivity index (χ2v) is 6.14. The molecule has 2 aromatic heterocycles. The molecule has 1 aromatic carbocycles. The third kappa shape index (κ3) is 2.97. The van der Waals surface area contributed by atoms with E-state index in [9.17, 15) is 4.79 Å². The zero-order chi connectivity index (χ0) is 18.1. The highest BCUT2D eigenvalue weighted by Gasteiger charge is 2.30. The predicted molar refractivity (Wildman–Crippen MR) is 92.0 cm³/mol. The average Bonchev–Trinajstić information content (AvgIpc) is 3.28. The number of ether oxygens (including phenoxy) is 1. The van der Waals surface area contributed by atoms with Gasteiger partial charge < -0.3 is 14.2 Å². The number of morpholine rings is 1. The van der Waals surface area contributed by atoms with Crippen molar-refractivity contribution in [1.82, 2.24) is 34.7 Å². The lowest BCUT2D eigenvalue weighted by Gasteiger charge is -2.31. The number of carbonyl (C=O) groups is 1. The standard InChI is InChI=1S/C17H19N7O2/c1-22-13(10-18-16(22)12-6-4-3-5-7-12)17(25)24-8-9-26-14(11-24)15-19-21-23(2)20-15/h3-7,10,14H,8-9,11H2,1-2H3. The van der Waals surface area contributed by atoms with Gasteiger partial charge in [-0.25, -0.2) is 4.98 Å². The molecule has 1 unspecified atom stereocenters. The van der Waals surface area contributed by atoms with Gasteiger partial charge in [0.05, 0.1) is 26.4 Å². The topological polar surface area (TPSA) is 91.0 Å².